The largest absolute Gasteiger partial charge is 0.476 e. The van der Waals surface area contributed by atoms with Gasteiger partial charge in [-0.2, -0.15) is 0 Å². The van der Waals surface area contributed by atoms with Crippen molar-refractivity contribution in [3.63, 3.8) is 0 Å². The van der Waals surface area contributed by atoms with Crippen molar-refractivity contribution in [1.29, 1.82) is 0 Å². The summed E-state index contributed by atoms with van der Waals surface area (Å²) in [6, 6.07) is 17.0. The zero-order valence-corrected chi connectivity index (χ0v) is 15.0. The predicted octanol–water partition coefficient (Wildman–Crippen LogP) is 3.87. The Morgan fingerprint density at radius 3 is 2.41 bits per heavy atom. The van der Waals surface area contributed by atoms with Crippen LogP contribution in [0.4, 0.5) is 0 Å². The summed E-state index contributed by atoms with van der Waals surface area (Å²) in [5.74, 6) is 1.09. The molecule has 4 rings (SSSR count). The van der Waals surface area contributed by atoms with E-state index in [1.165, 1.54) is 12.8 Å². The van der Waals surface area contributed by atoms with Gasteiger partial charge in [-0.3, -0.25) is 4.79 Å². The average molecular weight is 363 g/mol. The van der Waals surface area contributed by atoms with Gasteiger partial charge in [0.2, 0.25) is 18.4 Å². The number of rotatable bonds is 5. The van der Waals surface area contributed by atoms with Crippen molar-refractivity contribution in [2.75, 3.05) is 13.1 Å². The molecule has 0 unspecified atom stereocenters. The van der Waals surface area contributed by atoms with Crippen LogP contribution in [-0.2, 0) is 4.79 Å². The van der Waals surface area contributed by atoms with Crippen molar-refractivity contribution in [2.45, 2.75) is 25.4 Å². The van der Waals surface area contributed by atoms with E-state index in [0.29, 0.717) is 11.6 Å². The summed E-state index contributed by atoms with van der Waals surface area (Å²) in [5, 5.41) is 7.58. The third kappa shape index (κ3) is 4.00. The zero-order valence-electron chi connectivity index (χ0n) is 15.0. The number of benzene rings is 2. The van der Waals surface area contributed by atoms with Gasteiger partial charge in [0.15, 0.2) is 0 Å². The Labute approximate surface area is 157 Å². The molecule has 1 aromatic heterocycles. The summed E-state index contributed by atoms with van der Waals surface area (Å²) in [6.45, 7) is 1.59. The van der Waals surface area contributed by atoms with Crippen LogP contribution in [0.3, 0.4) is 0 Å². The van der Waals surface area contributed by atoms with E-state index < -0.39 is 6.10 Å². The van der Waals surface area contributed by atoms with Crippen LogP contribution in [0.25, 0.3) is 11.5 Å². The number of ether oxygens (including phenoxy) is 1. The molecule has 1 fully saturated rings. The van der Waals surface area contributed by atoms with Gasteiger partial charge in [0.25, 0.3) is 5.91 Å². The van der Waals surface area contributed by atoms with Gasteiger partial charge in [-0.1, -0.05) is 30.3 Å². The maximum absolute atomic E-state index is 13.1. The lowest BCUT2D eigenvalue weighted by Crippen LogP contribution is -2.40. The van der Waals surface area contributed by atoms with Crippen LogP contribution >= 0.6 is 0 Å². The second-order valence-corrected chi connectivity index (χ2v) is 6.56. The van der Waals surface area contributed by atoms with Crippen molar-refractivity contribution in [3.8, 4) is 17.2 Å². The molecule has 0 bridgehead atoms. The Balaban J connectivity index is 1.56. The van der Waals surface area contributed by atoms with Crippen molar-refractivity contribution in [2.24, 2.45) is 0 Å². The number of amides is 1. The van der Waals surface area contributed by atoms with Crippen molar-refractivity contribution in [3.05, 3.63) is 66.6 Å². The summed E-state index contributed by atoms with van der Waals surface area (Å²) in [6.07, 6.45) is 3.91. The van der Waals surface area contributed by atoms with E-state index in [1.807, 2.05) is 59.5 Å². The van der Waals surface area contributed by atoms with Crippen LogP contribution in [-0.4, -0.2) is 34.1 Å². The number of nitrogens with zero attached hydrogens (tertiary/aromatic N) is 3. The summed E-state index contributed by atoms with van der Waals surface area (Å²) < 4.78 is 11.3. The first-order valence-electron chi connectivity index (χ1n) is 9.18. The van der Waals surface area contributed by atoms with E-state index in [0.717, 1.165) is 37.1 Å². The van der Waals surface area contributed by atoms with Crippen LogP contribution in [0, 0.1) is 0 Å². The fourth-order valence-corrected chi connectivity index (χ4v) is 3.28. The summed E-state index contributed by atoms with van der Waals surface area (Å²) in [7, 11) is 0. The van der Waals surface area contributed by atoms with Gasteiger partial charge in [-0.25, -0.2) is 0 Å². The van der Waals surface area contributed by atoms with Gasteiger partial charge < -0.3 is 14.1 Å². The number of carbonyl (C=O) groups excluding carboxylic acids is 1. The van der Waals surface area contributed by atoms with Crippen LogP contribution in [0.2, 0.25) is 0 Å². The average Bonchev–Trinajstić information content (AvgIpc) is 3.28. The maximum Gasteiger partial charge on any atom is 0.268 e. The van der Waals surface area contributed by atoms with E-state index >= 15 is 0 Å². The number of carbonyl (C=O) groups is 1. The second-order valence-electron chi connectivity index (χ2n) is 6.56. The lowest BCUT2D eigenvalue weighted by atomic mass is 10.1. The lowest BCUT2D eigenvalue weighted by molar-refractivity contribution is -0.140. The molecule has 0 aliphatic carbocycles. The second kappa shape index (κ2) is 8.03. The smallest absolute Gasteiger partial charge is 0.268 e. The first-order valence-corrected chi connectivity index (χ1v) is 9.18. The molecule has 2 aromatic carbocycles. The Bertz CT molecular complexity index is 857. The molecule has 1 saturated heterocycles. The molecular formula is C21H21N3O3. The molecule has 2 heterocycles. The molecule has 27 heavy (non-hydrogen) atoms. The van der Waals surface area contributed by atoms with Crippen molar-refractivity contribution < 1.29 is 13.9 Å². The molecule has 138 valence electrons. The molecular weight excluding hydrogens is 342 g/mol. The molecule has 0 radical (unpaired) electrons. The highest BCUT2D eigenvalue weighted by Crippen LogP contribution is 2.27. The van der Waals surface area contributed by atoms with Crippen LogP contribution in [0.15, 0.2) is 65.4 Å². The fraction of sp³-hybridized carbons (Fsp3) is 0.286. The number of hydrogen-bond acceptors (Lipinski definition) is 5. The summed E-state index contributed by atoms with van der Waals surface area (Å²) >= 11 is 0. The van der Waals surface area contributed by atoms with Crippen LogP contribution in [0.1, 0.15) is 30.9 Å². The molecule has 1 atom stereocenters. The third-order valence-corrected chi connectivity index (χ3v) is 4.71. The topological polar surface area (TPSA) is 68.5 Å². The summed E-state index contributed by atoms with van der Waals surface area (Å²) in [4.78, 5) is 15.0. The first kappa shape index (κ1) is 17.3. The van der Waals surface area contributed by atoms with Crippen molar-refractivity contribution >= 4 is 5.91 Å². The van der Waals surface area contributed by atoms with Crippen LogP contribution < -0.4 is 4.74 Å². The summed E-state index contributed by atoms with van der Waals surface area (Å²) in [5.41, 5.74) is 1.66. The first-order chi connectivity index (χ1) is 13.3. The molecule has 0 N–H and O–H groups in total. The van der Waals surface area contributed by atoms with Gasteiger partial charge in [0.05, 0.1) is 0 Å². The molecule has 1 aliphatic heterocycles. The molecule has 0 saturated carbocycles. The third-order valence-electron chi connectivity index (χ3n) is 4.71. The van der Waals surface area contributed by atoms with E-state index in [4.69, 9.17) is 9.15 Å². The molecule has 0 spiro atoms. The van der Waals surface area contributed by atoms with Gasteiger partial charge in [0.1, 0.15) is 5.75 Å². The number of likely N-dealkylation sites (tertiary alicyclic amines) is 1. The monoisotopic (exact) mass is 363 g/mol. The van der Waals surface area contributed by atoms with Crippen molar-refractivity contribution in [1.82, 2.24) is 15.1 Å². The number of aromatic nitrogens is 2. The predicted molar refractivity (Wildman–Crippen MR) is 100.0 cm³/mol. The molecule has 1 aliphatic rings. The van der Waals surface area contributed by atoms with Gasteiger partial charge in [0, 0.05) is 24.2 Å². The Hall–Kier alpha value is -3.15. The van der Waals surface area contributed by atoms with Gasteiger partial charge in [-0.15, -0.1) is 10.2 Å². The normalized spacial score (nSPS) is 15.3. The van der Waals surface area contributed by atoms with E-state index in [-0.39, 0.29) is 5.91 Å². The Morgan fingerprint density at radius 1 is 1.00 bits per heavy atom. The van der Waals surface area contributed by atoms with Gasteiger partial charge >= 0.3 is 0 Å². The SMILES string of the molecule is O=C([C@H](Oc1ccc(-c2nnco2)cc1)c1ccccc1)N1CCCCC1. The Kier molecular flexibility index (Phi) is 5.14. The number of piperidine rings is 1. The standard InChI is InChI=1S/C21H21N3O3/c25-21(24-13-5-2-6-14-24)19(16-7-3-1-4-8-16)27-18-11-9-17(10-12-18)20-23-22-15-26-20/h1,3-4,7-12,15,19H,2,5-6,13-14H2/t19-/m1/s1. The van der Waals surface area contributed by atoms with E-state index in [1.54, 1.807) is 0 Å². The highest BCUT2D eigenvalue weighted by molar-refractivity contribution is 5.82. The molecule has 1 amide bonds. The molecule has 6 heteroatoms. The Morgan fingerprint density at radius 2 is 1.74 bits per heavy atom. The molecule has 6 nitrogen and oxygen atoms in total. The minimum absolute atomic E-state index is 0.0156. The minimum Gasteiger partial charge on any atom is -0.476 e. The number of hydrogen-bond donors (Lipinski definition) is 0. The fourth-order valence-electron chi connectivity index (χ4n) is 3.28. The highest BCUT2D eigenvalue weighted by atomic mass is 16.5. The van der Waals surface area contributed by atoms with E-state index in [9.17, 15) is 4.79 Å². The lowest BCUT2D eigenvalue weighted by Gasteiger charge is -2.30. The minimum atomic E-state index is -0.654. The van der Waals surface area contributed by atoms with Gasteiger partial charge in [-0.05, 0) is 43.5 Å². The highest BCUT2D eigenvalue weighted by Gasteiger charge is 2.28. The molecule has 3 aromatic rings. The maximum atomic E-state index is 13.1. The zero-order chi connectivity index (χ0) is 18.5. The van der Waals surface area contributed by atoms with Crippen LogP contribution in [0.5, 0.6) is 5.75 Å². The van der Waals surface area contributed by atoms with E-state index in [2.05, 4.69) is 10.2 Å². The quantitative estimate of drug-likeness (QED) is 0.688.